The molecular weight excluding hydrogens is 318 g/mol. The standard InChI is InChI=1S/C19H31N3O3/c1-20(2)14-16-9-11-22(12-10-16)18(23)17(21(3)19(24)25)13-15-7-5-4-6-8-15/h4-8,16-18,23H,9-14H2,1-3H3,(H,24,25)/t17-,18-/m1/s1. The van der Waals surface area contributed by atoms with Gasteiger partial charge in [0.15, 0.2) is 0 Å². The van der Waals surface area contributed by atoms with Gasteiger partial charge < -0.3 is 20.0 Å². The third-order valence-corrected chi connectivity index (χ3v) is 5.08. The first-order valence-corrected chi connectivity index (χ1v) is 8.95. The third kappa shape index (κ3) is 5.70. The van der Waals surface area contributed by atoms with E-state index in [9.17, 15) is 15.0 Å². The molecule has 2 rings (SSSR count). The van der Waals surface area contributed by atoms with E-state index in [-0.39, 0.29) is 0 Å². The Morgan fingerprint density at radius 2 is 1.80 bits per heavy atom. The summed E-state index contributed by atoms with van der Waals surface area (Å²) in [7, 11) is 5.70. The summed E-state index contributed by atoms with van der Waals surface area (Å²) in [6.45, 7) is 2.67. The molecule has 1 aliphatic rings. The van der Waals surface area contributed by atoms with E-state index in [1.807, 2.05) is 35.2 Å². The van der Waals surface area contributed by atoms with Gasteiger partial charge in [-0.1, -0.05) is 30.3 Å². The van der Waals surface area contributed by atoms with Crippen molar-refractivity contribution in [3.8, 4) is 0 Å². The zero-order valence-electron chi connectivity index (χ0n) is 15.5. The summed E-state index contributed by atoms with van der Waals surface area (Å²) in [4.78, 5) is 17.0. The number of aliphatic hydroxyl groups excluding tert-OH is 1. The fraction of sp³-hybridized carbons (Fsp3) is 0.632. The van der Waals surface area contributed by atoms with Crippen LogP contribution in [0, 0.1) is 5.92 Å². The summed E-state index contributed by atoms with van der Waals surface area (Å²) in [6, 6.07) is 9.27. The van der Waals surface area contributed by atoms with E-state index in [0.29, 0.717) is 12.3 Å². The van der Waals surface area contributed by atoms with Gasteiger partial charge in [-0.25, -0.2) is 4.79 Å². The number of benzene rings is 1. The minimum Gasteiger partial charge on any atom is -0.465 e. The lowest BCUT2D eigenvalue weighted by Crippen LogP contribution is -2.55. The van der Waals surface area contributed by atoms with Gasteiger partial charge in [0.25, 0.3) is 0 Å². The van der Waals surface area contributed by atoms with Gasteiger partial charge in [-0.3, -0.25) is 4.90 Å². The molecule has 0 spiro atoms. The summed E-state index contributed by atoms with van der Waals surface area (Å²) in [5, 5.41) is 20.3. The van der Waals surface area contributed by atoms with Crippen molar-refractivity contribution in [2.24, 2.45) is 5.92 Å². The van der Waals surface area contributed by atoms with Crippen molar-refractivity contribution in [2.75, 3.05) is 40.8 Å². The smallest absolute Gasteiger partial charge is 0.407 e. The van der Waals surface area contributed by atoms with Gasteiger partial charge in [0.05, 0.1) is 6.04 Å². The maximum Gasteiger partial charge on any atom is 0.407 e. The maximum atomic E-state index is 11.5. The van der Waals surface area contributed by atoms with Crippen molar-refractivity contribution < 1.29 is 15.0 Å². The number of hydrogen-bond donors (Lipinski definition) is 2. The molecule has 6 heteroatoms. The highest BCUT2D eigenvalue weighted by atomic mass is 16.4. The fourth-order valence-corrected chi connectivity index (χ4v) is 3.60. The fourth-order valence-electron chi connectivity index (χ4n) is 3.60. The Labute approximate surface area is 150 Å². The van der Waals surface area contributed by atoms with E-state index in [1.165, 1.54) is 11.9 Å². The number of rotatable bonds is 7. The quantitative estimate of drug-likeness (QED) is 0.786. The van der Waals surface area contributed by atoms with Crippen molar-refractivity contribution >= 4 is 6.09 Å². The molecule has 2 N–H and O–H groups in total. The summed E-state index contributed by atoms with van der Waals surface area (Å²) >= 11 is 0. The van der Waals surface area contributed by atoms with Crippen LogP contribution in [0.5, 0.6) is 0 Å². The van der Waals surface area contributed by atoms with Crippen molar-refractivity contribution in [2.45, 2.75) is 31.5 Å². The minimum atomic E-state index is -1.01. The van der Waals surface area contributed by atoms with E-state index in [2.05, 4.69) is 19.0 Å². The molecule has 1 heterocycles. The zero-order chi connectivity index (χ0) is 18.4. The lowest BCUT2D eigenvalue weighted by molar-refractivity contribution is -0.0647. The molecule has 0 aliphatic carbocycles. The number of likely N-dealkylation sites (N-methyl/N-ethyl adjacent to an activating group) is 1. The third-order valence-electron chi connectivity index (χ3n) is 5.08. The van der Waals surface area contributed by atoms with Crippen LogP contribution < -0.4 is 0 Å². The molecule has 0 saturated carbocycles. The first-order chi connectivity index (χ1) is 11.9. The van der Waals surface area contributed by atoms with Crippen LogP contribution in [-0.4, -0.2) is 84.1 Å². The van der Waals surface area contributed by atoms with Crippen LogP contribution in [-0.2, 0) is 6.42 Å². The zero-order valence-corrected chi connectivity index (χ0v) is 15.5. The van der Waals surface area contributed by atoms with Crippen LogP contribution in [0.15, 0.2) is 30.3 Å². The van der Waals surface area contributed by atoms with Crippen LogP contribution in [0.3, 0.4) is 0 Å². The highest BCUT2D eigenvalue weighted by Crippen LogP contribution is 2.22. The van der Waals surface area contributed by atoms with Crippen molar-refractivity contribution in [1.82, 2.24) is 14.7 Å². The monoisotopic (exact) mass is 349 g/mol. The molecule has 1 fully saturated rings. The molecule has 140 valence electrons. The topological polar surface area (TPSA) is 67.2 Å². The highest BCUT2D eigenvalue weighted by molar-refractivity contribution is 5.65. The van der Waals surface area contributed by atoms with Crippen LogP contribution in [0.1, 0.15) is 18.4 Å². The van der Waals surface area contributed by atoms with Gasteiger partial charge >= 0.3 is 6.09 Å². The molecule has 0 bridgehead atoms. The first-order valence-electron chi connectivity index (χ1n) is 8.95. The Morgan fingerprint density at radius 1 is 1.20 bits per heavy atom. The first kappa shape index (κ1) is 19.7. The van der Waals surface area contributed by atoms with Gasteiger partial charge in [-0.2, -0.15) is 0 Å². The average molecular weight is 349 g/mol. The second kappa shape index (κ2) is 9.17. The Kier molecular flexibility index (Phi) is 7.23. The van der Waals surface area contributed by atoms with E-state index in [0.717, 1.165) is 38.0 Å². The molecule has 0 unspecified atom stereocenters. The summed E-state index contributed by atoms with van der Waals surface area (Å²) < 4.78 is 0. The largest absolute Gasteiger partial charge is 0.465 e. The lowest BCUT2D eigenvalue weighted by Gasteiger charge is -2.41. The SMILES string of the molecule is CN(C)CC1CCN([C@H](O)[C@@H](Cc2ccccc2)N(C)C(=O)O)CC1. The molecule has 2 atom stereocenters. The van der Waals surface area contributed by atoms with Crippen LogP contribution in [0.4, 0.5) is 4.79 Å². The van der Waals surface area contributed by atoms with E-state index in [4.69, 9.17) is 0 Å². The van der Waals surface area contributed by atoms with Crippen LogP contribution in [0.2, 0.25) is 0 Å². The maximum absolute atomic E-state index is 11.5. The predicted molar refractivity (Wildman–Crippen MR) is 98.6 cm³/mol. The number of likely N-dealkylation sites (tertiary alicyclic amines) is 1. The van der Waals surface area contributed by atoms with E-state index in [1.54, 1.807) is 0 Å². The number of hydrogen-bond acceptors (Lipinski definition) is 4. The number of carbonyl (C=O) groups is 1. The van der Waals surface area contributed by atoms with Crippen LogP contribution in [0.25, 0.3) is 0 Å². The minimum absolute atomic E-state index is 0.481. The highest BCUT2D eigenvalue weighted by Gasteiger charge is 2.33. The van der Waals surface area contributed by atoms with Gasteiger partial charge in [0.1, 0.15) is 6.23 Å². The predicted octanol–water partition coefficient (Wildman–Crippen LogP) is 1.80. The van der Waals surface area contributed by atoms with Gasteiger partial charge in [0.2, 0.25) is 0 Å². The second-order valence-electron chi connectivity index (χ2n) is 7.31. The second-order valence-corrected chi connectivity index (χ2v) is 7.31. The molecular formula is C19H31N3O3. The van der Waals surface area contributed by atoms with Gasteiger partial charge in [-0.15, -0.1) is 0 Å². The Morgan fingerprint density at radius 3 is 2.32 bits per heavy atom. The molecule has 1 aromatic carbocycles. The number of carboxylic acid groups (broad SMARTS) is 1. The molecule has 1 aromatic rings. The molecule has 25 heavy (non-hydrogen) atoms. The van der Waals surface area contributed by atoms with Gasteiger partial charge in [-0.05, 0) is 44.8 Å². The molecule has 0 radical (unpaired) electrons. The molecule has 0 aromatic heterocycles. The van der Waals surface area contributed by atoms with Gasteiger partial charge in [0, 0.05) is 26.7 Å². The van der Waals surface area contributed by atoms with E-state index < -0.39 is 18.4 Å². The number of piperidine rings is 1. The van der Waals surface area contributed by atoms with Crippen molar-refractivity contribution in [3.05, 3.63) is 35.9 Å². The molecule has 1 saturated heterocycles. The Bertz CT molecular complexity index is 530. The van der Waals surface area contributed by atoms with Crippen molar-refractivity contribution in [3.63, 3.8) is 0 Å². The summed E-state index contributed by atoms with van der Waals surface area (Å²) in [5.41, 5.74) is 1.03. The normalized spacial score (nSPS) is 18.9. The average Bonchev–Trinajstić information content (AvgIpc) is 2.59. The van der Waals surface area contributed by atoms with Crippen LogP contribution >= 0.6 is 0 Å². The molecule has 1 amide bonds. The molecule has 6 nitrogen and oxygen atoms in total. The van der Waals surface area contributed by atoms with E-state index >= 15 is 0 Å². The summed E-state index contributed by atoms with van der Waals surface area (Å²) in [6.07, 6.45) is 0.764. The lowest BCUT2D eigenvalue weighted by atomic mass is 9.94. The summed E-state index contributed by atoms with van der Waals surface area (Å²) in [5.74, 6) is 0.642. The number of amides is 1. The number of nitrogens with zero attached hydrogens (tertiary/aromatic N) is 3. The number of aliphatic hydroxyl groups is 1. The molecule has 1 aliphatic heterocycles. The van der Waals surface area contributed by atoms with Crippen molar-refractivity contribution in [1.29, 1.82) is 0 Å². The Hall–Kier alpha value is -1.63. The Balaban J connectivity index is 2.03.